The zero-order chi connectivity index (χ0) is 13.5. The lowest BCUT2D eigenvalue weighted by molar-refractivity contribution is -0.122. The van der Waals surface area contributed by atoms with Gasteiger partial charge in [0.1, 0.15) is 5.69 Å². The van der Waals surface area contributed by atoms with Gasteiger partial charge in [0.15, 0.2) is 0 Å². The Hall–Kier alpha value is -1.91. The third-order valence-electron chi connectivity index (χ3n) is 2.76. The van der Waals surface area contributed by atoms with Gasteiger partial charge in [-0.05, 0) is 17.5 Å². The van der Waals surface area contributed by atoms with Crippen LogP contribution in [0.5, 0.6) is 0 Å². The summed E-state index contributed by atoms with van der Waals surface area (Å²) in [4.78, 5) is 25.9. The maximum atomic E-state index is 11.5. The van der Waals surface area contributed by atoms with E-state index >= 15 is 0 Å². The Bertz CT molecular complexity index is 415. The van der Waals surface area contributed by atoms with Crippen molar-refractivity contribution in [3.63, 3.8) is 0 Å². The number of nitrogens with one attached hydrogen (secondary N) is 1. The highest BCUT2D eigenvalue weighted by Crippen LogP contribution is 2.06. The molecule has 0 aromatic carbocycles. The second-order valence-corrected chi connectivity index (χ2v) is 4.35. The molecule has 0 aliphatic heterocycles. The van der Waals surface area contributed by atoms with Gasteiger partial charge in [0.25, 0.3) is 0 Å². The van der Waals surface area contributed by atoms with Gasteiger partial charge in [-0.25, -0.2) is 9.78 Å². The first-order valence-electron chi connectivity index (χ1n) is 5.97. The van der Waals surface area contributed by atoms with Crippen molar-refractivity contribution in [1.29, 1.82) is 0 Å². The lowest BCUT2D eigenvalue weighted by Crippen LogP contribution is -2.24. The normalized spacial score (nSPS) is 11.9. The molecule has 0 fully saturated rings. The number of carboxylic acids is 1. The molecule has 18 heavy (non-hydrogen) atoms. The molecule has 1 amide bonds. The smallest absolute Gasteiger partial charge is 0.354 e. The molecular formula is C13H18N2O3. The number of amides is 1. The monoisotopic (exact) mass is 250 g/mol. The standard InChI is InChI=1S/C13H18N2O3/c1-3-9(2)6-12(16)15-8-10-4-5-11(13(17)18)14-7-10/h4-5,7,9H,3,6,8H2,1-2H3,(H,15,16)(H,17,18). The number of carbonyl (C=O) groups excluding carboxylic acids is 1. The number of hydrogen-bond donors (Lipinski definition) is 2. The fraction of sp³-hybridized carbons (Fsp3) is 0.462. The minimum Gasteiger partial charge on any atom is -0.477 e. The molecule has 1 heterocycles. The molecule has 0 spiro atoms. The number of carboxylic acid groups (broad SMARTS) is 1. The van der Waals surface area contributed by atoms with Crippen LogP contribution in [0.2, 0.25) is 0 Å². The quantitative estimate of drug-likeness (QED) is 0.807. The molecular weight excluding hydrogens is 232 g/mol. The highest BCUT2D eigenvalue weighted by Gasteiger charge is 2.07. The van der Waals surface area contributed by atoms with Crippen molar-refractivity contribution in [2.75, 3.05) is 0 Å². The molecule has 1 aromatic heterocycles. The Balaban J connectivity index is 2.44. The van der Waals surface area contributed by atoms with Crippen LogP contribution < -0.4 is 5.32 Å². The summed E-state index contributed by atoms with van der Waals surface area (Å²) in [5.74, 6) is -0.675. The molecule has 5 heteroatoms. The van der Waals surface area contributed by atoms with E-state index in [2.05, 4.69) is 10.3 Å². The van der Waals surface area contributed by atoms with Gasteiger partial charge in [0, 0.05) is 19.2 Å². The summed E-state index contributed by atoms with van der Waals surface area (Å²) >= 11 is 0. The molecule has 1 rings (SSSR count). The molecule has 2 N–H and O–H groups in total. The maximum Gasteiger partial charge on any atom is 0.354 e. The molecule has 1 aromatic rings. The number of nitrogens with zero attached hydrogens (tertiary/aromatic N) is 1. The summed E-state index contributed by atoms with van der Waals surface area (Å²) in [6, 6.07) is 3.08. The average Bonchev–Trinajstić information content (AvgIpc) is 2.36. The topological polar surface area (TPSA) is 79.3 Å². The summed E-state index contributed by atoms with van der Waals surface area (Å²) in [6.45, 7) is 4.46. The van der Waals surface area contributed by atoms with E-state index < -0.39 is 5.97 Å². The van der Waals surface area contributed by atoms with Crippen molar-refractivity contribution in [3.05, 3.63) is 29.6 Å². The molecule has 1 unspecified atom stereocenters. The van der Waals surface area contributed by atoms with Crippen molar-refractivity contribution in [3.8, 4) is 0 Å². The SMILES string of the molecule is CCC(C)CC(=O)NCc1ccc(C(=O)O)nc1. The summed E-state index contributed by atoms with van der Waals surface area (Å²) in [7, 11) is 0. The summed E-state index contributed by atoms with van der Waals surface area (Å²) < 4.78 is 0. The Labute approximate surface area is 106 Å². The van der Waals surface area contributed by atoms with Crippen molar-refractivity contribution >= 4 is 11.9 Å². The molecule has 0 saturated heterocycles. The first kappa shape index (κ1) is 14.2. The molecule has 0 radical (unpaired) electrons. The first-order valence-corrected chi connectivity index (χ1v) is 5.97. The van der Waals surface area contributed by atoms with Gasteiger partial charge in [0.2, 0.25) is 5.91 Å². The summed E-state index contributed by atoms with van der Waals surface area (Å²) in [5.41, 5.74) is 0.794. The predicted octanol–water partition coefficient (Wildman–Crippen LogP) is 1.83. The van der Waals surface area contributed by atoms with E-state index in [0.29, 0.717) is 18.9 Å². The van der Waals surface area contributed by atoms with Gasteiger partial charge in [-0.15, -0.1) is 0 Å². The minimum absolute atomic E-state index is 0.00433. The van der Waals surface area contributed by atoms with Crippen LogP contribution in [0.25, 0.3) is 0 Å². The second-order valence-electron chi connectivity index (χ2n) is 4.35. The van der Waals surface area contributed by atoms with Gasteiger partial charge >= 0.3 is 5.97 Å². The maximum absolute atomic E-state index is 11.5. The fourth-order valence-electron chi connectivity index (χ4n) is 1.39. The van der Waals surface area contributed by atoms with Crippen LogP contribution in [0.4, 0.5) is 0 Å². The molecule has 0 bridgehead atoms. The van der Waals surface area contributed by atoms with Crippen LogP contribution in [-0.4, -0.2) is 22.0 Å². The summed E-state index contributed by atoms with van der Waals surface area (Å²) in [6.07, 6.45) is 2.95. The van der Waals surface area contributed by atoms with E-state index in [1.165, 1.54) is 12.3 Å². The van der Waals surface area contributed by atoms with Crippen molar-refractivity contribution < 1.29 is 14.7 Å². The lowest BCUT2D eigenvalue weighted by Gasteiger charge is -2.09. The number of pyridine rings is 1. The number of carbonyl (C=O) groups is 2. The molecule has 1 atom stereocenters. The van der Waals surface area contributed by atoms with Crippen LogP contribution in [0, 0.1) is 5.92 Å². The third kappa shape index (κ3) is 4.53. The number of aromatic nitrogens is 1. The van der Waals surface area contributed by atoms with Crippen LogP contribution in [0.3, 0.4) is 0 Å². The largest absolute Gasteiger partial charge is 0.477 e. The van der Waals surface area contributed by atoms with Crippen molar-refractivity contribution in [1.82, 2.24) is 10.3 Å². The fourth-order valence-corrected chi connectivity index (χ4v) is 1.39. The molecule has 0 saturated carbocycles. The van der Waals surface area contributed by atoms with Gasteiger partial charge < -0.3 is 10.4 Å². The lowest BCUT2D eigenvalue weighted by atomic mass is 10.1. The number of rotatable bonds is 6. The van der Waals surface area contributed by atoms with Crippen molar-refractivity contribution in [2.24, 2.45) is 5.92 Å². The Morgan fingerprint density at radius 1 is 1.44 bits per heavy atom. The highest BCUT2D eigenvalue weighted by atomic mass is 16.4. The van der Waals surface area contributed by atoms with E-state index in [9.17, 15) is 9.59 Å². The van der Waals surface area contributed by atoms with E-state index in [1.807, 2.05) is 13.8 Å². The van der Waals surface area contributed by atoms with E-state index in [0.717, 1.165) is 12.0 Å². The molecule has 0 aliphatic carbocycles. The van der Waals surface area contributed by atoms with Crippen LogP contribution in [0.15, 0.2) is 18.3 Å². The van der Waals surface area contributed by atoms with E-state index in [-0.39, 0.29) is 11.6 Å². The summed E-state index contributed by atoms with van der Waals surface area (Å²) in [5, 5.41) is 11.5. The third-order valence-corrected chi connectivity index (χ3v) is 2.76. The predicted molar refractivity (Wildman–Crippen MR) is 67.1 cm³/mol. The first-order chi connectivity index (χ1) is 8.52. The molecule has 98 valence electrons. The zero-order valence-corrected chi connectivity index (χ0v) is 10.6. The zero-order valence-electron chi connectivity index (χ0n) is 10.6. The van der Waals surface area contributed by atoms with Crippen LogP contribution in [-0.2, 0) is 11.3 Å². The molecule has 0 aliphatic rings. The highest BCUT2D eigenvalue weighted by molar-refractivity contribution is 5.85. The molecule has 5 nitrogen and oxygen atoms in total. The minimum atomic E-state index is -1.05. The number of aromatic carboxylic acids is 1. The van der Waals surface area contributed by atoms with Crippen LogP contribution in [0.1, 0.15) is 42.7 Å². The van der Waals surface area contributed by atoms with Gasteiger partial charge in [-0.3, -0.25) is 4.79 Å². The van der Waals surface area contributed by atoms with E-state index in [4.69, 9.17) is 5.11 Å². The Morgan fingerprint density at radius 3 is 2.67 bits per heavy atom. The average molecular weight is 250 g/mol. The van der Waals surface area contributed by atoms with Gasteiger partial charge in [0.05, 0.1) is 0 Å². The van der Waals surface area contributed by atoms with Crippen LogP contribution >= 0.6 is 0 Å². The van der Waals surface area contributed by atoms with Crippen molar-refractivity contribution in [2.45, 2.75) is 33.2 Å². The van der Waals surface area contributed by atoms with E-state index in [1.54, 1.807) is 6.07 Å². The van der Waals surface area contributed by atoms with Gasteiger partial charge in [-0.1, -0.05) is 26.3 Å². The Morgan fingerprint density at radius 2 is 2.17 bits per heavy atom. The van der Waals surface area contributed by atoms with Gasteiger partial charge in [-0.2, -0.15) is 0 Å². The Kier molecular flexibility index (Phi) is 5.30. The second kappa shape index (κ2) is 6.74. The number of hydrogen-bond acceptors (Lipinski definition) is 3.